The minimum Gasteiger partial charge on any atom is -0.330 e. The van der Waals surface area contributed by atoms with Gasteiger partial charge in [-0.05, 0) is 18.2 Å². The Morgan fingerprint density at radius 3 is 2.35 bits per heavy atom. The summed E-state index contributed by atoms with van der Waals surface area (Å²) in [5.74, 6) is 0.347. The molecule has 0 spiro atoms. The van der Waals surface area contributed by atoms with Gasteiger partial charge >= 0.3 is 6.03 Å². The summed E-state index contributed by atoms with van der Waals surface area (Å²) in [6.45, 7) is 0.413. The number of hydrogen-bond acceptors (Lipinski definition) is 1. The van der Waals surface area contributed by atoms with Crippen molar-refractivity contribution in [2.24, 2.45) is 0 Å². The van der Waals surface area contributed by atoms with Crippen molar-refractivity contribution in [3.05, 3.63) is 28.2 Å². The second-order valence-corrected chi connectivity index (χ2v) is 4.81. The van der Waals surface area contributed by atoms with Gasteiger partial charge in [0.25, 0.3) is 0 Å². The van der Waals surface area contributed by atoms with Gasteiger partial charge in [0.05, 0.1) is 10.0 Å². The Balaban J connectivity index is 3.05. The molecule has 1 rings (SSSR count). The van der Waals surface area contributed by atoms with Crippen LogP contribution in [0.15, 0.2) is 18.2 Å². The first kappa shape index (κ1) is 14.4. The number of carbonyl (C=O) groups is 1. The molecule has 0 fully saturated rings. The van der Waals surface area contributed by atoms with Crippen LogP contribution < -0.4 is 4.90 Å². The van der Waals surface area contributed by atoms with E-state index in [0.717, 1.165) is 0 Å². The van der Waals surface area contributed by atoms with E-state index in [1.165, 1.54) is 4.90 Å². The van der Waals surface area contributed by atoms with Gasteiger partial charge in [-0.3, -0.25) is 4.90 Å². The number of hydrogen-bond donors (Lipinski definition) is 0. The molecule has 0 heterocycles. The molecule has 0 radical (unpaired) electrons. The van der Waals surface area contributed by atoms with Gasteiger partial charge in [0.15, 0.2) is 0 Å². The average Bonchev–Trinajstić information content (AvgIpc) is 2.29. The van der Waals surface area contributed by atoms with Crippen LogP contribution in [0.4, 0.5) is 10.5 Å². The quantitative estimate of drug-likeness (QED) is 0.780. The molecule has 0 aliphatic carbocycles. The van der Waals surface area contributed by atoms with E-state index in [2.05, 4.69) is 0 Å². The molecule has 0 aliphatic heterocycles. The Morgan fingerprint density at radius 2 is 1.88 bits per heavy atom. The highest BCUT2D eigenvalue weighted by Crippen LogP contribution is 2.27. The fraction of sp³-hybridized carbons (Fsp3) is 0.364. The summed E-state index contributed by atoms with van der Waals surface area (Å²) in [6.07, 6.45) is 0. The van der Waals surface area contributed by atoms with Gasteiger partial charge in [0.1, 0.15) is 0 Å². The third kappa shape index (κ3) is 3.66. The Morgan fingerprint density at radius 1 is 1.24 bits per heavy atom. The van der Waals surface area contributed by atoms with Crippen LogP contribution in [0.5, 0.6) is 0 Å². The summed E-state index contributed by atoms with van der Waals surface area (Å²) < 4.78 is 0. The van der Waals surface area contributed by atoms with Crippen LogP contribution in [-0.2, 0) is 0 Å². The average molecular weight is 296 g/mol. The third-order valence-corrected chi connectivity index (χ3v) is 3.04. The molecule has 3 nitrogen and oxygen atoms in total. The first-order valence-electron chi connectivity index (χ1n) is 4.97. The first-order chi connectivity index (χ1) is 7.97. The van der Waals surface area contributed by atoms with E-state index in [9.17, 15) is 4.79 Å². The van der Waals surface area contributed by atoms with E-state index < -0.39 is 0 Å². The third-order valence-electron chi connectivity index (χ3n) is 2.14. The Bertz CT molecular complexity index is 410. The second-order valence-electron chi connectivity index (χ2n) is 3.62. The van der Waals surface area contributed by atoms with Crippen LogP contribution in [0.3, 0.4) is 0 Å². The summed E-state index contributed by atoms with van der Waals surface area (Å²) in [4.78, 5) is 15.0. The number of benzene rings is 1. The monoisotopic (exact) mass is 294 g/mol. The predicted molar refractivity (Wildman–Crippen MR) is 73.6 cm³/mol. The summed E-state index contributed by atoms with van der Waals surface area (Å²) >= 11 is 17.5. The molecule has 6 heteroatoms. The molecule has 0 saturated heterocycles. The zero-order chi connectivity index (χ0) is 13.0. The molecule has 0 aliphatic rings. The van der Waals surface area contributed by atoms with Gasteiger partial charge in [0.2, 0.25) is 0 Å². The molecule has 0 aromatic heterocycles. The van der Waals surface area contributed by atoms with E-state index >= 15 is 0 Å². The van der Waals surface area contributed by atoms with Crippen LogP contribution >= 0.6 is 34.8 Å². The normalized spacial score (nSPS) is 10.2. The summed E-state index contributed by atoms with van der Waals surface area (Å²) in [6, 6.07) is 4.90. The van der Waals surface area contributed by atoms with Gasteiger partial charge in [-0.2, -0.15) is 0 Å². The number of carbonyl (C=O) groups excluding carboxylic acids is 1. The maximum Gasteiger partial charge on any atom is 0.323 e. The zero-order valence-corrected chi connectivity index (χ0v) is 11.9. The topological polar surface area (TPSA) is 23.6 Å². The molecule has 1 aromatic rings. The summed E-state index contributed by atoms with van der Waals surface area (Å²) in [5.41, 5.74) is 0.679. The van der Waals surface area contributed by atoms with Crippen molar-refractivity contribution in [2.75, 3.05) is 31.4 Å². The number of nitrogens with zero attached hydrogens (tertiary/aromatic N) is 2. The lowest BCUT2D eigenvalue weighted by Gasteiger charge is -2.25. The second kappa shape index (κ2) is 6.34. The molecule has 0 N–H and O–H groups in total. The van der Waals surface area contributed by atoms with Gasteiger partial charge in [-0.15, -0.1) is 11.6 Å². The first-order valence-corrected chi connectivity index (χ1v) is 6.26. The lowest BCUT2D eigenvalue weighted by molar-refractivity contribution is 0.224. The van der Waals surface area contributed by atoms with Gasteiger partial charge < -0.3 is 4.90 Å². The highest BCUT2D eigenvalue weighted by atomic mass is 35.5. The van der Waals surface area contributed by atoms with Crippen molar-refractivity contribution in [2.45, 2.75) is 0 Å². The molecule has 2 amide bonds. The van der Waals surface area contributed by atoms with Crippen LogP contribution in [0.1, 0.15) is 0 Å². The number of alkyl halides is 1. The fourth-order valence-electron chi connectivity index (χ4n) is 1.31. The van der Waals surface area contributed by atoms with E-state index in [-0.39, 0.29) is 6.03 Å². The molecule has 0 atom stereocenters. The number of rotatable bonds is 3. The lowest BCUT2D eigenvalue weighted by atomic mass is 10.3. The highest BCUT2D eigenvalue weighted by Gasteiger charge is 2.17. The minimum absolute atomic E-state index is 0.149. The maximum atomic E-state index is 11.9. The van der Waals surface area contributed by atoms with Crippen molar-refractivity contribution < 1.29 is 4.79 Å². The van der Waals surface area contributed by atoms with Gasteiger partial charge in [-0.25, -0.2) is 4.79 Å². The Kier molecular flexibility index (Phi) is 5.37. The Labute approximate surface area is 116 Å². The number of urea groups is 1. The van der Waals surface area contributed by atoms with Crippen molar-refractivity contribution in [3.63, 3.8) is 0 Å². The highest BCUT2D eigenvalue weighted by molar-refractivity contribution is 6.42. The molecule has 17 heavy (non-hydrogen) atoms. The van der Waals surface area contributed by atoms with Crippen LogP contribution in [-0.4, -0.2) is 37.5 Å². The Hall–Kier alpha value is -0.640. The molecular formula is C11H13Cl3N2O. The molecule has 1 aromatic carbocycles. The van der Waals surface area contributed by atoms with Gasteiger partial charge in [-0.1, -0.05) is 23.2 Å². The molecule has 0 unspecified atom stereocenters. The predicted octanol–water partition coefficient (Wildman–Crippen LogP) is 3.72. The fourth-order valence-corrected chi connectivity index (χ4v) is 1.78. The molecular weight excluding hydrogens is 282 g/mol. The van der Waals surface area contributed by atoms with E-state index in [0.29, 0.717) is 28.2 Å². The summed E-state index contributed by atoms with van der Waals surface area (Å²) in [5, 5.41) is 0.869. The van der Waals surface area contributed by atoms with Crippen molar-refractivity contribution in [1.82, 2.24) is 4.90 Å². The van der Waals surface area contributed by atoms with Crippen LogP contribution in [0.25, 0.3) is 0 Å². The van der Waals surface area contributed by atoms with Crippen molar-refractivity contribution in [1.29, 1.82) is 0 Å². The molecule has 0 saturated carbocycles. The van der Waals surface area contributed by atoms with Gasteiger partial charge in [0, 0.05) is 32.2 Å². The van der Waals surface area contributed by atoms with Crippen LogP contribution in [0, 0.1) is 0 Å². The smallest absolute Gasteiger partial charge is 0.323 e. The van der Waals surface area contributed by atoms with Crippen molar-refractivity contribution >= 4 is 46.5 Å². The maximum absolute atomic E-state index is 11.9. The number of halogens is 3. The minimum atomic E-state index is -0.149. The van der Waals surface area contributed by atoms with E-state index in [1.807, 2.05) is 0 Å². The number of anilines is 1. The van der Waals surface area contributed by atoms with Crippen molar-refractivity contribution in [3.8, 4) is 0 Å². The number of amides is 2. The SMILES string of the molecule is CN(C)C(=O)N(CCCl)c1ccc(Cl)c(Cl)c1. The van der Waals surface area contributed by atoms with E-state index in [1.54, 1.807) is 37.2 Å². The molecule has 94 valence electrons. The zero-order valence-electron chi connectivity index (χ0n) is 9.58. The lowest BCUT2D eigenvalue weighted by Crippen LogP contribution is -2.40. The molecule has 0 bridgehead atoms. The largest absolute Gasteiger partial charge is 0.330 e. The summed E-state index contributed by atoms with van der Waals surface area (Å²) in [7, 11) is 3.36. The van der Waals surface area contributed by atoms with Crippen LogP contribution in [0.2, 0.25) is 10.0 Å². The standard InChI is InChI=1S/C11H13Cl3N2O/c1-15(2)11(17)16(6-5-12)8-3-4-9(13)10(14)7-8/h3-4,7H,5-6H2,1-2H3. The van der Waals surface area contributed by atoms with E-state index in [4.69, 9.17) is 34.8 Å².